The summed E-state index contributed by atoms with van der Waals surface area (Å²) >= 11 is 6.15. The number of rotatable bonds is 3. The lowest BCUT2D eigenvalue weighted by Gasteiger charge is -2.31. The third kappa shape index (κ3) is 3.44. The summed E-state index contributed by atoms with van der Waals surface area (Å²) in [4.78, 5) is 12.1. The van der Waals surface area contributed by atoms with Gasteiger partial charge >= 0.3 is 5.97 Å². The number of hydrogen-bond acceptors (Lipinski definition) is 5. The molecule has 1 aliphatic heterocycles. The van der Waals surface area contributed by atoms with Gasteiger partial charge in [0.05, 0.1) is 12.6 Å². The highest BCUT2D eigenvalue weighted by Crippen LogP contribution is 2.36. The summed E-state index contributed by atoms with van der Waals surface area (Å²) in [6, 6.07) is 16.9. The van der Waals surface area contributed by atoms with Gasteiger partial charge in [-0.3, -0.25) is 0 Å². The van der Waals surface area contributed by atoms with Crippen molar-refractivity contribution in [3.8, 4) is 6.07 Å². The monoisotopic (exact) mass is 353 g/mol. The molecule has 0 bridgehead atoms. The number of benzene rings is 2. The van der Waals surface area contributed by atoms with Crippen molar-refractivity contribution in [2.75, 3.05) is 11.9 Å². The first-order valence-electron chi connectivity index (χ1n) is 7.83. The van der Waals surface area contributed by atoms with E-state index in [-0.39, 0.29) is 18.2 Å². The molecule has 5 nitrogen and oxygen atoms in total. The van der Waals surface area contributed by atoms with Gasteiger partial charge in [-0.25, -0.2) is 4.79 Å². The summed E-state index contributed by atoms with van der Waals surface area (Å²) in [5.74, 6) is -0.339. The molecule has 0 fully saturated rings. The van der Waals surface area contributed by atoms with Gasteiger partial charge in [-0.05, 0) is 30.7 Å². The Bertz CT molecular complexity index is 872. The average molecular weight is 354 g/mol. The molecule has 3 rings (SSSR count). The molecule has 0 unspecified atom stereocenters. The van der Waals surface area contributed by atoms with Gasteiger partial charge in [0.1, 0.15) is 11.9 Å². The van der Waals surface area contributed by atoms with Crippen LogP contribution in [0.25, 0.3) is 0 Å². The molecule has 1 heterocycles. The number of nitriles is 1. The first kappa shape index (κ1) is 16.9. The highest BCUT2D eigenvalue weighted by atomic mass is 35.5. The molecule has 1 atom stereocenters. The minimum Gasteiger partial charge on any atom is -0.462 e. The van der Waals surface area contributed by atoms with Gasteiger partial charge in [0.2, 0.25) is 0 Å². The molecule has 2 aromatic rings. The van der Waals surface area contributed by atoms with Crippen molar-refractivity contribution < 1.29 is 9.53 Å². The zero-order chi connectivity index (χ0) is 17.8. The fraction of sp³-hybridized carbons (Fsp3) is 0.158. The fourth-order valence-corrected chi connectivity index (χ4v) is 2.91. The van der Waals surface area contributed by atoms with E-state index >= 15 is 0 Å². The molecule has 2 aromatic carbocycles. The molecule has 0 saturated heterocycles. The lowest BCUT2D eigenvalue weighted by atomic mass is 9.95. The molecule has 25 heavy (non-hydrogen) atoms. The molecule has 0 aliphatic carbocycles. The molecule has 0 amide bonds. The number of nitrogens with one attached hydrogen (secondary N) is 2. The summed E-state index contributed by atoms with van der Waals surface area (Å²) in [6.45, 7) is 1.90. The van der Waals surface area contributed by atoms with E-state index in [1.165, 1.54) is 0 Å². The molecule has 1 aliphatic rings. The van der Waals surface area contributed by atoms with Crippen LogP contribution in [0.3, 0.4) is 0 Å². The summed E-state index contributed by atoms with van der Waals surface area (Å²) in [7, 11) is 0. The Balaban J connectivity index is 2.11. The van der Waals surface area contributed by atoms with E-state index < -0.39 is 5.97 Å². The first-order chi connectivity index (χ1) is 12.1. The second-order valence-corrected chi connectivity index (χ2v) is 5.86. The van der Waals surface area contributed by atoms with Crippen LogP contribution in [-0.4, -0.2) is 12.6 Å². The number of carbonyl (C=O) groups excluding carboxylic acids is 1. The zero-order valence-electron chi connectivity index (χ0n) is 13.5. The van der Waals surface area contributed by atoms with E-state index in [2.05, 4.69) is 10.6 Å². The SMILES string of the molecule is CCOC(=O)/C(C#N)=C1/Nc2ccc(Cl)cc2[C@@H](c2ccccc2)N1. The van der Waals surface area contributed by atoms with Gasteiger partial charge in [0.15, 0.2) is 5.57 Å². The summed E-state index contributed by atoms with van der Waals surface area (Å²) in [5, 5.41) is 16.4. The van der Waals surface area contributed by atoms with Crippen LogP contribution in [0, 0.1) is 11.3 Å². The predicted molar refractivity (Wildman–Crippen MR) is 95.8 cm³/mol. The first-order valence-corrected chi connectivity index (χ1v) is 8.21. The zero-order valence-corrected chi connectivity index (χ0v) is 14.3. The summed E-state index contributed by atoms with van der Waals surface area (Å²) in [6.07, 6.45) is 0. The Labute approximate surface area is 150 Å². The van der Waals surface area contributed by atoms with Gasteiger partial charge in [-0.1, -0.05) is 41.9 Å². The Morgan fingerprint density at radius 1 is 1.28 bits per heavy atom. The van der Waals surface area contributed by atoms with Crippen LogP contribution >= 0.6 is 11.6 Å². The number of esters is 1. The van der Waals surface area contributed by atoms with Crippen LogP contribution in [0.1, 0.15) is 24.1 Å². The van der Waals surface area contributed by atoms with Gasteiger partial charge < -0.3 is 15.4 Å². The lowest BCUT2D eigenvalue weighted by Crippen LogP contribution is -2.34. The van der Waals surface area contributed by atoms with Crippen molar-refractivity contribution >= 4 is 23.3 Å². The maximum absolute atomic E-state index is 12.1. The van der Waals surface area contributed by atoms with E-state index in [1.807, 2.05) is 48.5 Å². The van der Waals surface area contributed by atoms with E-state index in [9.17, 15) is 10.1 Å². The molecular formula is C19H16ClN3O2. The van der Waals surface area contributed by atoms with Crippen molar-refractivity contribution in [2.45, 2.75) is 13.0 Å². The number of nitrogens with zero attached hydrogens (tertiary/aromatic N) is 1. The second kappa shape index (κ2) is 7.29. The van der Waals surface area contributed by atoms with Crippen LogP contribution in [0.4, 0.5) is 5.69 Å². The third-order valence-electron chi connectivity index (χ3n) is 3.85. The Kier molecular flexibility index (Phi) is 4.92. The number of anilines is 1. The van der Waals surface area contributed by atoms with E-state index in [1.54, 1.807) is 13.0 Å². The maximum Gasteiger partial charge on any atom is 0.352 e. The highest BCUT2D eigenvalue weighted by Gasteiger charge is 2.28. The average Bonchev–Trinajstić information content (AvgIpc) is 2.63. The minimum atomic E-state index is -0.663. The van der Waals surface area contributed by atoms with E-state index in [4.69, 9.17) is 16.3 Å². The fourth-order valence-electron chi connectivity index (χ4n) is 2.73. The normalized spacial score (nSPS) is 17.4. The molecular weight excluding hydrogens is 338 g/mol. The van der Waals surface area contributed by atoms with Crippen LogP contribution in [0.5, 0.6) is 0 Å². The quantitative estimate of drug-likeness (QED) is 0.499. The summed E-state index contributed by atoms with van der Waals surface area (Å²) in [5.41, 5.74) is 2.61. The van der Waals surface area contributed by atoms with Crippen molar-refractivity contribution in [3.63, 3.8) is 0 Å². The van der Waals surface area contributed by atoms with Gasteiger partial charge in [-0.2, -0.15) is 5.26 Å². The predicted octanol–water partition coefficient (Wildman–Crippen LogP) is 3.74. The molecule has 0 saturated carbocycles. The third-order valence-corrected chi connectivity index (χ3v) is 4.08. The Morgan fingerprint density at radius 2 is 2.04 bits per heavy atom. The topological polar surface area (TPSA) is 74.2 Å². The van der Waals surface area contributed by atoms with Crippen LogP contribution in [-0.2, 0) is 9.53 Å². The number of fused-ring (bicyclic) bond motifs is 1. The van der Waals surface area contributed by atoms with Gasteiger partial charge in [0, 0.05) is 16.3 Å². The van der Waals surface area contributed by atoms with Crippen molar-refractivity contribution in [1.82, 2.24) is 5.32 Å². The number of carbonyl (C=O) groups is 1. The standard InChI is InChI=1S/C19H16ClN3O2/c1-2-25-19(24)15(11-21)18-22-16-9-8-13(20)10-14(16)17(23-18)12-6-4-3-5-7-12/h3-10,17,22-23H,2H2,1H3/b18-15-/t17-/m1/s1. The second-order valence-electron chi connectivity index (χ2n) is 5.43. The number of hydrogen-bond donors (Lipinski definition) is 2. The van der Waals surface area contributed by atoms with E-state index in [0.717, 1.165) is 16.8 Å². The van der Waals surface area contributed by atoms with Gasteiger partial charge in [-0.15, -0.1) is 0 Å². The molecule has 0 spiro atoms. The van der Waals surface area contributed by atoms with Crippen LogP contribution in [0.15, 0.2) is 59.9 Å². The molecule has 0 aromatic heterocycles. The van der Waals surface area contributed by atoms with Gasteiger partial charge in [0.25, 0.3) is 0 Å². The van der Waals surface area contributed by atoms with Crippen molar-refractivity contribution in [3.05, 3.63) is 76.1 Å². The number of halogens is 1. The lowest BCUT2D eigenvalue weighted by molar-refractivity contribution is -0.138. The van der Waals surface area contributed by atoms with E-state index in [0.29, 0.717) is 10.8 Å². The molecule has 6 heteroatoms. The Hall–Kier alpha value is -2.97. The van der Waals surface area contributed by atoms with Crippen molar-refractivity contribution in [1.29, 1.82) is 5.26 Å². The highest BCUT2D eigenvalue weighted by molar-refractivity contribution is 6.30. The Morgan fingerprint density at radius 3 is 2.72 bits per heavy atom. The maximum atomic E-state index is 12.1. The van der Waals surface area contributed by atoms with Crippen LogP contribution < -0.4 is 10.6 Å². The molecule has 0 radical (unpaired) electrons. The molecule has 2 N–H and O–H groups in total. The smallest absolute Gasteiger partial charge is 0.352 e. The van der Waals surface area contributed by atoms with Crippen LogP contribution in [0.2, 0.25) is 5.02 Å². The van der Waals surface area contributed by atoms with Crippen molar-refractivity contribution in [2.24, 2.45) is 0 Å². The summed E-state index contributed by atoms with van der Waals surface area (Å²) < 4.78 is 4.98. The minimum absolute atomic E-state index is 0.0941. The molecule has 126 valence electrons. The number of ether oxygens (including phenoxy) is 1. The largest absolute Gasteiger partial charge is 0.462 e.